The number of hydrogen-bond acceptors (Lipinski definition) is 3. The average Bonchev–Trinajstić information content (AvgIpc) is 2.49. The molecule has 0 saturated heterocycles. The van der Waals surface area contributed by atoms with Crippen LogP contribution in [0.3, 0.4) is 0 Å². The fourth-order valence-corrected chi connectivity index (χ4v) is 2.41. The molecule has 0 bridgehead atoms. The molecular weight excluding hydrogens is 366 g/mol. The van der Waals surface area contributed by atoms with Crippen LogP contribution >= 0.6 is 34.8 Å². The Morgan fingerprint density at radius 3 is 2.57 bits per heavy atom. The topological polar surface area (TPSA) is 35.5 Å². The lowest BCUT2D eigenvalue weighted by Gasteiger charge is -2.15. The molecule has 0 radical (unpaired) electrons. The zero-order valence-electron chi connectivity index (χ0n) is 12.0. The predicted octanol–water partition coefficient (Wildman–Crippen LogP) is 5.30. The van der Waals surface area contributed by atoms with Crippen LogP contribution in [0, 0.1) is 5.82 Å². The van der Waals surface area contributed by atoms with Gasteiger partial charge in [-0.3, -0.25) is 0 Å². The Morgan fingerprint density at radius 1 is 1.17 bits per heavy atom. The Hall–Kier alpha value is -1.49. The third-order valence-electron chi connectivity index (χ3n) is 2.95. The van der Waals surface area contributed by atoms with Gasteiger partial charge in [-0.15, -0.1) is 0 Å². The molecule has 0 aliphatic carbocycles. The Kier molecular flexibility index (Phi) is 6.10. The molecule has 1 atom stereocenters. The van der Waals surface area contributed by atoms with Crippen molar-refractivity contribution in [1.29, 1.82) is 0 Å². The molecule has 2 aromatic rings. The van der Waals surface area contributed by atoms with Gasteiger partial charge in [0.15, 0.2) is 6.10 Å². The molecule has 0 spiro atoms. The van der Waals surface area contributed by atoms with E-state index < -0.39 is 17.9 Å². The van der Waals surface area contributed by atoms with Crippen molar-refractivity contribution in [3.63, 3.8) is 0 Å². The van der Waals surface area contributed by atoms with Gasteiger partial charge >= 0.3 is 5.97 Å². The summed E-state index contributed by atoms with van der Waals surface area (Å²) >= 11 is 17.6. The molecule has 0 fully saturated rings. The van der Waals surface area contributed by atoms with Crippen LogP contribution in [0.1, 0.15) is 12.5 Å². The molecule has 0 aliphatic rings. The van der Waals surface area contributed by atoms with Gasteiger partial charge in [0.05, 0.1) is 10.0 Å². The van der Waals surface area contributed by atoms with Gasteiger partial charge in [-0.2, -0.15) is 0 Å². The normalized spacial score (nSPS) is 11.9. The van der Waals surface area contributed by atoms with Gasteiger partial charge in [0.2, 0.25) is 0 Å². The Balaban J connectivity index is 1.97. The van der Waals surface area contributed by atoms with Gasteiger partial charge in [-0.1, -0.05) is 40.9 Å². The molecule has 0 aromatic heterocycles. The van der Waals surface area contributed by atoms with E-state index >= 15 is 0 Å². The quantitative estimate of drug-likeness (QED) is 0.664. The van der Waals surface area contributed by atoms with Crippen LogP contribution in [0.4, 0.5) is 4.39 Å². The SMILES string of the molecule is CC(Oc1ccc(Cl)cc1Cl)C(=O)OCc1c(F)cccc1Cl. The highest BCUT2D eigenvalue weighted by Crippen LogP contribution is 2.28. The first-order valence-corrected chi connectivity index (χ1v) is 7.73. The molecular formula is C16H12Cl3FO3. The highest BCUT2D eigenvalue weighted by atomic mass is 35.5. The fraction of sp³-hybridized carbons (Fsp3) is 0.188. The van der Waals surface area contributed by atoms with E-state index in [9.17, 15) is 9.18 Å². The van der Waals surface area contributed by atoms with Crippen LogP contribution in [-0.4, -0.2) is 12.1 Å². The third kappa shape index (κ3) is 4.74. The van der Waals surface area contributed by atoms with Crippen molar-refractivity contribution in [2.45, 2.75) is 19.6 Å². The van der Waals surface area contributed by atoms with Crippen LogP contribution in [0.15, 0.2) is 36.4 Å². The van der Waals surface area contributed by atoms with E-state index in [2.05, 4.69) is 0 Å². The predicted molar refractivity (Wildman–Crippen MR) is 87.8 cm³/mol. The Morgan fingerprint density at radius 2 is 1.91 bits per heavy atom. The van der Waals surface area contributed by atoms with Gasteiger partial charge in [0.1, 0.15) is 18.2 Å². The first kappa shape index (κ1) is 17.9. The van der Waals surface area contributed by atoms with E-state index in [0.29, 0.717) is 10.8 Å². The number of carbonyl (C=O) groups is 1. The molecule has 1 unspecified atom stereocenters. The molecule has 2 rings (SSSR count). The summed E-state index contributed by atoms with van der Waals surface area (Å²) in [7, 11) is 0. The zero-order chi connectivity index (χ0) is 17.0. The van der Waals surface area contributed by atoms with E-state index in [1.807, 2.05) is 0 Å². The number of esters is 1. The number of hydrogen-bond donors (Lipinski definition) is 0. The summed E-state index contributed by atoms with van der Waals surface area (Å²) in [6, 6.07) is 8.85. The number of rotatable bonds is 5. The van der Waals surface area contributed by atoms with E-state index in [1.165, 1.54) is 31.2 Å². The molecule has 0 heterocycles. The second kappa shape index (κ2) is 7.86. The summed E-state index contributed by atoms with van der Waals surface area (Å²) in [6.07, 6.45) is -0.931. The maximum absolute atomic E-state index is 13.6. The number of halogens is 4. The third-order valence-corrected chi connectivity index (χ3v) is 3.83. The van der Waals surface area contributed by atoms with Gasteiger partial charge in [-0.05, 0) is 37.3 Å². The lowest BCUT2D eigenvalue weighted by Crippen LogP contribution is -2.26. The highest BCUT2D eigenvalue weighted by Gasteiger charge is 2.19. The van der Waals surface area contributed by atoms with Crippen molar-refractivity contribution in [3.05, 3.63) is 62.8 Å². The van der Waals surface area contributed by atoms with E-state index in [-0.39, 0.29) is 22.2 Å². The molecule has 122 valence electrons. The highest BCUT2D eigenvalue weighted by molar-refractivity contribution is 6.35. The molecule has 0 aliphatic heterocycles. The first-order chi connectivity index (χ1) is 10.9. The molecule has 0 amide bonds. The van der Waals surface area contributed by atoms with Crippen molar-refractivity contribution in [2.24, 2.45) is 0 Å². The van der Waals surface area contributed by atoms with Crippen molar-refractivity contribution in [2.75, 3.05) is 0 Å². The van der Waals surface area contributed by atoms with E-state index in [4.69, 9.17) is 44.3 Å². The van der Waals surface area contributed by atoms with Crippen LogP contribution in [0.25, 0.3) is 0 Å². The molecule has 0 N–H and O–H groups in total. The summed E-state index contributed by atoms with van der Waals surface area (Å²) in [5.41, 5.74) is 0.110. The molecule has 0 saturated carbocycles. The minimum absolute atomic E-state index is 0.110. The van der Waals surface area contributed by atoms with Crippen LogP contribution in [0.5, 0.6) is 5.75 Å². The van der Waals surface area contributed by atoms with Gasteiger partial charge in [0.25, 0.3) is 0 Å². The largest absolute Gasteiger partial charge is 0.477 e. The fourth-order valence-electron chi connectivity index (χ4n) is 1.74. The molecule has 23 heavy (non-hydrogen) atoms. The maximum Gasteiger partial charge on any atom is 0.347 e. The van der Waals surface area contributed by atoms with Gasteiger partial charge in [0, 0.05) is 10.6 Å². The monoisotopic (exact) mass is 376 g/mol. The summed E-state index contributed by atoms with van der Waals surface area (Å²) < 4.78 is 24.1. The van der Waals surface area contributed by atoms with E-state index in [0.717, 1.165) is 0 Å². The van der Waals surface area contributed by atoms with Crippen molar-refractivity contribution < 1.29 is 18.7 Å². The second-order valence-electron chi connectivity index (χ2n) is 4.64. The average molecular weight is 378 g/mol. The minimum Gasteiger partial charge on any atom is -0.477 e. The van der Waals surface area contributed by atoms with Crippen molar-refractivity contribution in [3.8, 4) is 5.75 Å². The Labute approximate surface area is 147 Å². The number of carbonyl (C=O) groups excluding carboxylic acids is 1. The van der Waals surface area contributed by atoms with Gasteiger partial charge in [-0.25, -0.2) is 9.18 Å². The van der Waals surface area contributed by atoms with Crippen LogP contribution < -0.4 is 4.74 Å². The van der Waals surface area contributed by atoms with Crippen LogP contribution in [0.2, 0.25) is 15.1 Å². The summed E-state index contributed by atoms with van der Waals surface area (Å²) in [4.78, 5) is 11.9. The molecule has 7 heteroatoms. The number of benzene rings is 2. The summed E-state index contributed by atoms with van der Waals surface area (Å²) in [6.45, 7) is 1.21. The molecule has 2 aromatic carbocycles. The summed E-state index contributed by atoms with van der Waals surface area (Å²) in [5.74, 6) is -0.917. The van der Waals surface area contributed by atoms with Crippen molar-refractivity contribution in [1.82, 2.24) is 0 Å². The number of ether oxygens (including phenoxy) is 2. The molecule has 3 nitrogen and oxygen atoms in total. The Bertz CT molecular complexity index is 701. The van der Waals surface area contributed by atoms with Crippen molar-refractivity contribution >= 4 is 40.8 Å². The lowest BCUT2D eigenvalue weighted by molar-refractivity contribution is -0.152. The second-order valence-corrected chi connectivity index (χ2v) is 5.89. The summed E-state index contributed by atoms with van der Waals surface area (Å²) in [5, 5.41) is 0.910. The van der Waals surface area contributed by atoms with E-state index in [1.54, 1.807) is 12.1 Å². The smallest absolute Gasteiger partial charge is 0.347 e. The lowest BCUT2D eigenvalue weighted by atomic mass is 10.2. The van der Waals surface area contributed by atoms with Gasteiger partial charge < -0.3 is 9.47 Å². The first-order valence-electron chi connectivity index (χ1n) is 6.59. The zero-order valence-corrected chi connectivity index (χ0v) is 14.3. The van der Waals surface area contributed by atoms with Crippen LogP contribution in [-0.2, 0) is 16.1 Å². The minimum atomic E-state index is -0.931. The standard InChI is InChI=1S/C16H12Cl3FO3/c1-9(23-15-6-5-10(17)7-13(15)19)16(21)22-8-11-12(18)3-2-4-14(11)20/h2-7,9H,8H2,1H3. The maximum atomic E-state index is 13.6.